The van der Waals surface area contributed by atoms with Gasteiger partial charge in [-0.1, -0.05) is 12.1 Å². The highest BCUT2D eigenvalue weighted by Crippen LogP contribution is 2.17. The van der Waals surface area contributed by atoms with E-state index in [1.165, 1.54) is 18.2 Å². The van der Waals surface area contributed by atoms with Crippen LogP contribution in [0.1, 0.15) is 5.69 Å². The molecule has 0 spiro atoms. The lowest BCUT2D eigenvalue weighted by molar-refractivity contribution is -0.133. The minimum absolute atomic E-state index is 0.0203. The van der Waals surface area contributed by atoms with E-state index in [1.54, 1.807) is 24.3 Å². The van der Waals surface area contributed by atoms with Gasteiger partial charge in [0.25, 0.3) is 0 Å². The topological polar surface area (TPSA) is 88.5 Å². The van der Waals surface area contributed by atoms with Crippen molar-refractivity contribution in [2.45, 2.75) is 12.6 Å². The summed E-state index contributed by atoms with van der Waals surface area (Å²) >= 11 is 0. The summed E-state index contributed by atoms with van der Waals surface area (Å²) in [6, 6.07) is 4.52. The van der Waals surface area contributed by atoms with Crippen molar-refractivity contribution in [2.24, 2.45) is 0 Å². The van der Waals surface area contributed by atoms with E-state index in [0.717, 1.165) is 0 Å². The van der Waals surface area contributed by atoms with Crippen LogP contribution in [0.2, 0.25) is 0 Å². The molecule has 0 radical (unpaired) electrons. The van der Waals surface area contributed by atoms with E-state index in [0.29, 0.717) is 5.69 Å². The van der Waals surface area contributed by atoms with Gasteiger partial charge in [0.15, 0.2) is 0 Å². The van der Waals surface area contributed by atoms with E-state index in [2.05, 4.69) is 10.5 Å². The van der Waals surface area contributed by atoms with Gasteiger partial charge in [0.1, 0.15) is 12.5 Å². The molecule has 1 heterocycles. The first-order valence-corrected chi connectivity index (χ1v) is 5.86. The van der Waals surface area contributed by atoms with Crippen LogP contribution < -0.4 is 5.48 Å². The molecule has 0 fully saturated rings. The first-order chi connectivity index (χ1) is 9.72. The molecule has 6 nitrogen and oxygen atoms in total. The van der Waals surface area contributed by atoms with Crippen molar-refractivity contribution in [3.63, 3.8) is 0 Å². The van der Waals surface area contributed by atoms with Gasteiger partial charge in [-0.2, -0.15) is 5.48 Å². The molecular formula is C14H12N2O4. The summed E-state index contributed by atoms with van der Waals surface area (Å²) in [5.41, 5.74) is 3.44. The summed E-state index contributed by atoms with van der Waals surface area (Å²) < 4.78 is 0. The molecule has 0 saturated carbocycles. The molecule has 1 aliphatic carbocycles. The average Bonchev–Trinajstić information content (AvgIpc) is 2.48. The molecule has 1 aliphatic rings. The molecule has 2 N–H and O–H groups in total. The number of hydrogen-bond donors (Lipinski definition) is 2. The molecule has 1 aromatic heterocycles. The largest absolute Gasteiger partial charge is 0.478 e. The Labute approximate surface area is 115 Å². The Hall–Kier alpha value is -2.53. The molecule has 0 amide bonds. The second kappa shape index (κ2) is 6.58. The second-order valence-electron chi connectivity index (χ2n) is 4.00. The molecule has 0 aliphatic heterocycles. The maximum atomic E-state index is 11.1. The van der Waals surface area contributed by atoms with Crippen molar-refractivity contribution >= 4 is 11.9 Å². The number of hydrogen-bond acceptors (Lipinski definition) is 5. The Morgan fingerprint density at radius 3 is 3.00 bits per heavy atom. The van der Waals surface area contributed by atoms with Crippen LogP contribution in [0.15, 0.2) is 53.8 Å². The number of carbonyl (C=O) groups is 1. The lowest BCUT2D eigenvalue weighted by Gasteiger charge is -2.20. The lowest BCUT2D eigenvalue weighted by atomic mass is 9.95. The number of rotatable bonds is 5. The van der Waals surface area contributed by atoms with Crippen LogP contribution in [-0.2, 0) is 21.0 Å². The number of aromatic nitrogens is 1. The zero-order chi connectivity index (χ0) is 14.4. The van der Waals surface area contributed by atoms with Crippen molar-refractivity contribution in [3.8, 4) is 0 Å². The standard InChI is InChI=1S/C14H12N2O4/c17-8-10-4-3-6-12(14(18)19)13(10)16-20-9-11-5-1-2-7-15-11/h1-7,13,16H,9H2,(H,18,19). The van der Waals surface area contributed by atoms with Crippen molar-refractivity contribution in [1.82, 2.24) is 10.5 Å². The molecule has 0 aromatic carbocycles. The van der Waals surface area contributed by atoms with Crippen molar-refractivity contribution < 1.29 is 19.5 Å². The minimum Gasteiger partial charge on any atom is -0.478 e. The first kappa shape index (κ1) is 13.9. The predicted molar refractivity (Wildman–Crippen MR) is 70.0 cm³/mol. The fourth-order valence-corrected chi connectivity index (χ4v) is 1.71. The number of hydroxylamine groups is 1. The van der Waals surface area contributed by atoms with E-state index >= 15 is 0 Å². The van der Waals surface area contributed by atoms with Crippen LogP contribution in [0, 0.1) is 0 Å². The Bertz CT molecular complexity index is 601. The van der Waals surface area contributed by atoms with Gasteiger partial charge in [-0.25, -0.2) is 9.59 Å². The Balaban J connectivity index is 2.02. The van der Waals surface area contributed by atoms with Gasteiger partial charge in [0.05, 0.1) is 22.9 Å². The van der Waals surface area contributed by atoms with Gasteiger partial charge < -0.3 is 5.11 Å². The number of carboxylic acid groups (broad SMARTS) is 1. The van der Waals surface area contributed by atoms with Crippen LogP contribution in [0.4, 0.5) is 0 Å². The third-order valence-corrected chi connectivity index (χ3v) is 2.69. The fourth-order valence-electron chi connectivity index (χ4n) is 1.71. The van der Waals surface area contributed by atoms with E-state index in [-0.39, 0.29) is 17.8 Å². The number of nitrogens with zero attached hydrogens (tertiary/aromatic N) is 1. The Kier molecular flexibility index (Phi) is 4.57. The summed E-state index contributed by atoms with van der Waals surface area (Å²) in [5, 5.41) is 9.09. The number of carboxylic acids is 1. The third-order valence-electron chi connectivity index (χ3n) is 2.69. The smallest absolute Gasteiger partial charge is 0.333 e. The van der Waals surface area contributed by atoms with Crippen LogP contribution in [0.5, 0.6) is 0 Å². The van der Waals surface area contributed by atoms with Crippen LogP contribution in [0.25, 0.3) is 0 Å². The normalized spacial score (nSPS) is 17.5. The molecular weight excluding hydrogens is 260 g/mol. The summed E-state index contributed by atoms with van der Waals surface area (Å²) in [4.78, 5) is 31.2. The van der Waals surface area contributed by atoms with Gasteiger partial charge in [-0.15, -0.1) is 0 Å². The number of carbonyl (C=O) groups excluding carboxylic acids is 1. The first-order valence-electron chi connectivity index (χ1n) is 5.86. The minimum atomic E-state index is -1.12. The zero-order valence-corrected chi connectivity index (χ0v) is 10.4. The van der Waals surface area contributed by atoms with E-state index in [1.807, 2.05) is 6.07 Å². The molecule has 2 rings (SSSR count). The molecule has 6 heteroatoms. The monoisotopic (exact) mass is 272 g/mol. The number of pyridine rings is 1. The molecule has 1 aromatic rings. The van der Waals surface area contributed by atoms with E-state index in [9.17, 15) is 9.59 Å². The van der Waals surface area contributed by atoms with Crippen LogP contribution in [0.3, 0.4) is 0 Å². The highest BCUT2D eigenvalue weighted by molar-refractivity contribution is 5.91. The molecule has 1 atom stereocenters. The Morgan fingerprint density at radius 1 is 1.50 bits per heavy atom. The van der Waals surface area contributed by atoms with Gasteiger partial charge >= 0.3 is 5.97 Å². The molecule has 102 valence electrons. The highest BCUT2D eigenvalue weighted by atomic mass is 16.6. The maximum Gasteiger partial charge on any atom is 0.333 e. The summed E-state index contributed by atoms with van der Waals surface area (Å²) in [7, 11) is 0. The summed E-state index contributed by atoms with van der Waals surface area (Å²) in [5.74, 6) is 0.581. The van der Waals surface area contributed by atoms with E-state index < -0.39 is 12.0 Å². The number of allylic oxidation sites excluding steroid dienone is 2. The van der Waals surface area contributed by atoms with Gasteiger partial charge in [-0.3, -0.25) is 9.82 Å². The SMILES string of the molecule is O=C=C1C=CC=C(C(=O)O)C1NOCc1ccccn1. The van der Waals surface area contributed by atoms with Gasteiger partial charge in [-0.05, 0) is 24.3 Å². The summed E-state index contributed by atoms with van der Waals surface area (Å²) in [6.07, 6.45) is 6.01. The predicted octanol–water partition coefficient (Wildman–Crippen LogP) is 0.810. The van der Waals surface area contributed by atoms with Crippen molar-refractivity contribution in [3.05, 3.63) is 59.5 Å². The van der Waals surface area contributed by atoms with E-state index in [4.69, 9.17) is 9.94 Å². The maximum absolute atomic E-state index is 11.1. The van der Waals surface area contributed by atoms with Crippen molar-refractivity contribution in [1.29, 1.82) is 0 Å². The lowest BCUT2D eigenvalue weighted by Crippen LogP contribution is -2.36. The zero-order valence-electron chi connectivity index (χ0n) is 10.4. The number of aliphatic carboxylic acids is 1. The summed E-state index contributed by atoms with van der Waals surface area (Å²) in [6.45, 7) is 0.153. The van der Waals surface area contributed by atoms with Gasteiger partial charge in [0, 0.05) is 6.20 Å². The highest BCUT2D eigenvalue weighted by Gasteiger charge is 2.26. The third kappa shape index (κ3) is 3.27. The van der Waals surface area contributed by atoms with Gasteiger partial charge in [0.2, 0.25) is 0 Å². The molecule has 0 saturated heterocycles. The van der Waals surface area contributed by atoms with Crippen LogP contribution >= 0.6 is 0 Å². The quantitative estimate of drug-likeness (QED) is 0.609. The molecule has 0 bridgehead atoms. The second-order valence-corrected chi connectivity index (χ2v) is 4.00. The number of nitrogens with one attached hydrogen (secondary N) is 1. The van der Waals surface area contributed by atoms with Crippen LogP contribution in [-0.4, -0.2) is 28.0 Å². The average molecular weight is 272 g/mol. The molecule has 1 unspecified atom stereocenters. The fraction of sp³-hybridized carbons (Fsp3) is 0.143. The molecule has 20 heavy (non-hydrogen) atoms. The van der Waals surface area contributed by atoms with Crippen molar-refractivity contribution in [2.75, 3.05) is 0 Å². The Morgan fingerprint density at radius 2 is 2.35 bits per heavy atom.